The van der Waals surface area contributed by atoms with Gasteiger partial charge in [-0.2, -0.15) is 18.2 Å². The minimum absolute atomic E-state index is 0.0206. The van der Waals surface area contributed by atoms with E-state index in [1.54, 1.807) is 0 Å². The topological polar surface area (TPSA) is 63.4 Å². The number of alkyl halides is 3. The molecule has 0 aliphatic carbocycles. The van der Waals surface area contributed by atoms with Gasteiger partial charge in [-0.1, -0.05) is 12.1 Å². The largest absolute Gasteiger partial charge is 0.411 e. The Morgan fingerprint density at radius 1 is 1.38 bits per heavy atom. The quantitative estimate of drug-likeness (QED) is 0.859. The van der Waals surface area contributed by atoms with E-state index in [2.05, 4.69) is 25.1 Å². The number of nitrogens with one attached hydrogen (secondary N) is 1. The number of halogens is 3. The van der Waals surface area contributed by atoms with Crippen molar-refractivity contribution >= 4 is 0 Å². The number of ether oxygens (including phenoxy) is 1. The van der Waals surface area contributed by atoms with Crippen LogP contribution < -0.4 is 5.32 Å². The van der Waals surface area contributed by atoms with Crippen LogP contribution in [0.3, 0.4) is 0 Å². The van der Waals surface area contributed by atoms with Crippen molar-refractivity contribution in [3.63, 3.8) is 0 Å². The van der Waals surface area contributed by atoms with Crippen LogP contribution in [0.25, 0.3) is 0 Å². The van der Waals surface area contributed by atoms with E-state index in [4.69, 9.17) is 4.52 Å². The lowest BCUT2D eigenvalue weighted by Crippen LogP contribution is -2.45. The first-order chi connectivity index (χ1) is 9.99. The van der Waals surface area contributed by atoms with Crippen molar-refractivity contribution < 1.29 is 22.4 Å². The van der Waals surface area contributed by atoms with E-state index in [9.17, 15) is 13.2 Å². The monoisotopic (exact) mass is 308 g/mol. The van der Waals surface area contributed by atoms with Crippen LogP contribution >= 0.6 is 0 Å². The fourth-order valence-electron chi connectivity index (χ4n) is 2.31. The maximum Gasteiger partial charge on any atom is 0.411 e. The maximum atomic E-state index is 12.0. The van der Waals surface area contributed by atoms with Crippen LogP contribution in [-0.2, 0) is 11.3 Å². The van der Waals surface area contributed by atoms with Gasteiger partial charge in [-0.15, -0.1) is 0 Å². The van der Waals surface area contributed by atoms with Gasteiger partial charge in [0.05, 0.1) is 6.04 Å². The molecular formula is C12H19F3N4O2. The van der Waals surface area contributed by atoms with E-state index in [-0.39, 0.29) is 18.5 Å². The molecule has 0 spiro atoms. The van der Waals surface area contributed by atoms with E-state index < -0.39 is 12.8 Å². The van der Waals surface area contributed by atoms with Gasteiger partial charge in [0.15, 0.2) is 5.82 Å². The first-order valence-electron chi connectivity index (χ1n) is 6.91. The second-order valence-corrected chi connectivity index (χ2v) is 4.86. The van der Waals surface area contributed by atoms with Crippen LogP contribution in [0.4, 0.5) is 13.2 Å². The molecule has 1 aromatic rings. The summed E-state index contributed by atoms with van der Waals surface area (Å²) in [7, 11) is 0. The summed E-state index contributed by atoms with van der Waals surface area (Å²) in [5, 5.41) is 7.13. The van der Waals surface area contributed by atoms with Crippen LogP contribution in [0.2, 0.25) is 0 Å². The lowest BCUT2D eigenvalue weighted by atomic mass is 10.1. The standard InChI is InChI=1S/C12H19F3N4O2/c1-2-9(19-5-3-16-4-6-19)11-17-10(21-18-11)7-20-8-12(13,14)15/h9,16H,2-8H2,1H3. The van der Waals surface area contributed by atoms with Crippen LogP contribution in [0.15, 0.2) is 4.52 Å². The van der Waals surface area contributed by atoms with Crippen LogP contribution in [0.5, 0.6) is 0 Å². The number of aromatic nitrogens is 2. The number of nitrogens with zero attached hydrogens (tertiary/aromatic N) is 3. The molecule has 21 heavy (non-hydrogen) atoms. The van der Waals surface area contributed by atoms with Gasteiger partial charge in [0.25, 0.3) is 5.89 Å². The first kappa shape index (κ1) is 16.2. The molecule has 1 unspecified atom stereocenters. The first-order valence-corrected chi connectivity index (χ1v) is 6.91. The highest BCUT2D eigenvalue weighted by Gasteiger charge is 2.28. The Hall–Kier alpha value is -1.19. The van der Waals surface area contributed by atoms with E-state index in [0.717, 1.165) is 32.6 Å². The van der Waals surface area contributed by atoms with Crippen molar-refractivity contribution in [2.24, 2.45) is 0 Å². The molecular weight excluding hydrogens is 289 g/mol. The molecule has 2 heterocycles. The molecule has 6 nitrogen and oxygen atoms in total. The van der Waals surface area contributed by atoms with Gasteiger partial charge in [0, 0.05) is 26.2 Å². The third-order valence-electron chi connectivity index (χ3n) is 3.25. The normalized spacial score (nSPS) is 18.9. The molecule has 1 aliphatic heterocycles. The predicted octanol–water partition coefficient (Wildman–Crippen LogP) is 1.50. The highest BCUT2D eigenvalue weighted by atomic mass is 19.4. The van der Waals surface area contributed by atoms with Crippen molar-refractivity contribution in [3.8, 4) is 0 Å². The molecule has 9 heteroatoms. The van der Waals surface area contributed by atoms with Gasteiger partial charge in [0.2, 0.25) is 0 Å². The lowest BCUT2D eigenvalue weighted by Gasteiger charge is -2.32. The Morgan fingerprint density at radius 2 is 2.10 bits per heavy atom. The molecule has 120 valence electrons. The molecule has 1 N–H and O–H groups in total. The fraction of sp³-hybridized carbons (Fsp3) is 0.833. The Labute approximate surface area is 120 Å². The molecule has 1 aromatic heterocycles. The highest BCUT2D eigenvalue weighted by Crippen LogP contribution is 2.22. The van der Waals surface area contributed by atoms with Crippen LogP contribution in [0, 0.1) is 0 Å². The lowest BCUT2D eigenvalue weighted by molar-refractivity contribution is -0.178. The minimum atomic E-state index is -4.35. The van der Waals surface area contributed by atoms with Gasteiger partial charge >= 0.3 is 6.18 Å². The zero-order valence-electron chi connectivity index (χ0n) is 11.8. The molecule has 1 atom stereocenters. The Kier molecular flexibility index (Phi) is 5.54. The SMILES string of the molecule is CCC(c1noc(COCC(F)(F)F)n1)N1CCNCC1. The molecule has 0 saturated carbocycles. The van der Waals surface area contributed by atoms with Gasteiger partial charge in [-0.25, -0.2) is 0 Å². The van der Waals surface area contributed by atoms with E-state index >= 15 is 0 Å². The molecule has 0 aromatic carbocycles. The average molecular weight is 308 g/mol. The zero-order chi connectivity index (χ0) is 15.3. The van der Waals surface area contributed by atoms with Gasteiger partial charge < -0.3 is 14.6 Å². The zero-order valence-corrected chi connectivity index (χ0v) is 11.8. The van der Waals surface area contributed by atoms with Gasteiger partial charge in [0.1, 0.15) is 13.2 Å². The molecule has 1 aliphatic rings. The van der Waals surface area contributed by atoms with E-state index in [0.29, 0.717) is 5.82 Å². The number of rotatable bonds is 6. The van der Waals surface area contributed by atoms with Crippen LogP contribution in [0.1, 0.15) is 31.1 Å². The Bertz CT molecular complexity index is 432. The number of hydrogen-bond donors (Lipinski definition) is 1. The number of piperazine rings is 1. The second kappa shape index (κ2) is 7.19. The van der Waals surface area contributed by atoms with Crippen molar-refractivity contribution in [2.45, 2.75) is 32.2 Å². The van der Waals surface area contributed by atoms with Crippen molar-refractivity contribution in [3.05, 3.63) is 11.7 Å². The summed E-state index contributed by atoms with van der Waals surface area (Å²) >= 11 is 0. The second-order valence-electron chi connectivity index (χ2n) is 4.86. The van der Waals surface area contributed by atoms with Crippen molar-refractivity contribution in [1.82, 2.24) is 20.4 Å². The third kappa shape index (κ3) is 4.94. The highest BCUT2D eigenvalue weighted by molar-refractivity contribution is 4.95. The Balaban J connectivity index is 1.90. The summed E-state index contributed by atoms with van der Waals surface area (Å²) in [6.07, 6.45) is -3.54. The van der Waals surface area contributed by atoms with Crippen LogP contribution in [-0.4, -0.2) is 54.0 Å². The van der Waals surface area contributed by atoms with E-state index in [1.165, 1.54) is 0 Å². The smallest absolute Gasteiger partial charge is 0.362 e. The summed E-state index contributed by atoms with van der Waals surface area (Å²) in [5.74, 6) is 0.577. The van der Waals surface area contributed by atoms with Gasteiger partial charge in [-0.3, -0.25) is 4.90 Å². The maximum absolute atomic E-state index is 12.0. The molecule has 0 amide bonds. The van der Waals surface area contributed by atoms with E-state index in [1.807, 2.05) is 6.92 Å². The average Bonchev–Trinajstić information content (AvgIpc) is 2.88. The summed E-state index contributed by atoms with van der Waals surface area (Å²) in [6, 6.07) is 0.0206. The van der Waals surface area contributed by atoms with Gasteiger partial charge in [-0.05, 0) is 6.42 Å². The summed E-state index contributed by atoms with van der Waals surface area (Å²) in [6.45, 7) is 3.93. The third-order valence-corrected chi connectivity index (χ3v) is 3.25. The summed E-state index contributed by atoms with van der Waals surface area (Å²) in [4.78, 5) is 6.38. The number of hydrogen-bond acceptors (Lipinski definition) is 6. The minimum Gasteiger partial charge on any atom is -0.362 e. The van der Waals surface area contributed by atoms with Crippen molar-refractivity contribution in [2.75, 3.05) is 32.8 Å². The predicted molar refractivity (Wildman–Crippen MR) is 67.5 cm³/mol. The summed E-state index contributed by atoms with van der Waals surface area (Å²) < 4.78 is 45.4. The Morgan fingerprint density at radius 3 is 2.71 bits per heavy atom. The molecule has 0 radical (unpaired) electrons. The molecule has 2 rings (SSSR count). The molecule has 1 saturated heterocycles. The molecule has 0 bridgehead atoms. The fourth-order valence-corrected chi connectivity index (χ4v) is 2.31. The summed E-state index contributed by atoms with van der Waals surface area (Å²) in [5.41, 5.74) is 0. The molecule has 1 fully saturated rings. The van der Waals surface area contributed by atoms with Crippen molar-refractivity contribution in [1.29, 1.82) is 0 Å².